The van der Waals surface area contributed by atoms with Crippen LogP contribution in [0.5, 0.6) is 0 Å². The quantitative estimate of drug-likeness (QED) is 0.523. The second-order valence-corrected chi connectivity index (χ2v) is 6.02. The van der Waals surface area contributed by atoms with E-state index in [-0.39, 0.29) is 5.02 Å². The molecule has 0 aromatic heterocycles. The zero-order chi connectivity index (χ0) is 16.4. The minimum atomic E-state index is -4.38. The van der Waals surface area contributed by atoms with E-state index in [1.54, 1.807) is 6.07 Å². The van der Waals surface area contributed by atoms with Crippen LogP contribution >= 0.6 is 11.6 Å². The molecule has 0 aliphatic rings. The van der Waals surface area contributed by atoms with Crippen molar-refractivity contribution in [2.45, 2.75) is 64.0 Å². The van der Waals surface area contributed by atoms with Crippen molar-refractivity contribution >= 4 is 11.6 Å². The van der Waals surface area contributed by atoms with E-state index in [9.17, 15) is 13.2 Å². The van der Waals surface area contributed by atoms with Gasteiger partial charge < -0.3 is 5.73 Å². The van der Waals surface area contributed by atoms with Crippen molar-refractivity contribution in [3.05, 3.63) is 34.3 Å². The van der Waals surface area contributed by atoms with E-state index in [4.69, 9.17) is 17.3 Å². The lowest BCUT2D eigenvalue weighted by molar-refractivity contribution is -0.137. The monoisotopic (exact) mass is 335 g/mol. The Morgan fingerprint density at radius 2 is 1.41 bits per heavy atom. The van der Waals surface area contributed by atoms with Crippen molar-refractivity contribution in [2.75, 3.05) is 6.54 Å². The second kappa shape index (κ2) is 10.1. The topological polar surface area (TPSA) is 26.0 Å². The number of halogens is 4. The van der Waals surface area contributed by atoms with Crippen molar-refractivity contribution in [3.8, 4) is 0 Å². The number of unbranched alkanes of at least 4 members (excludes halogenated alkanes) is 7. The third-order valence-electron chi connectivity index (χ3n) is 3.78. The van der Waals surface area contributed by atoms with Crippen molar-refractivity contribution < 1.29 is 13.2 Å². The SMILES string of the molecule is NCCCCCCCCCCc1cccc(C(F)(F)F)c1Cl. The van der Waals surface area contributed by atoms with E-state index < -0.39 is 11.7 Å². The summed E-state index contributed by atoms with van der Waals surface area (Å²) in [5, 5.41) is -0.142. The Bertz CT molecular complexity index is 432. The fourth-order valence-electron chi connectivity index (χ4n) is 2.51. The van der Waals surface area contributed by atoms with Gasteiger partial charge in [-0.05, 0) is 37.4 Å². The summed E-state index contributed by atoms with van der Waals surface area (Å²) in [6.07, 6.45) is 5.16. The third kappa shape index (κ3) is 7.01. The van der Waals surface area contributed by atoms with Crippen LogP contribution in [0.2, 0.25) is 5.02 Å². The third-order valence-corrected chi connectivity index (χ3v) is 4.23. The van der Waals surface area contributed by atoms with E-state index >= 15 is 0 Å². The Balaban J connectivity index is 2.26. The Morgan fingerprint density at radius 1 is 0.864 bits per heavy atom. The first kappa shape index (κ1) is 19.3. The Morgan fingerprint density at radius 3 is 1.95 bits per heavy atom. The van der Waals surface area contributed by atoms with Gasteiger partial charge in [0, 0.05) is 0 Å². The van der Waals surface area contributed by atoms with Crippen LogP contribution in [0.15, 0.2) is 18.2 Å². The lowest BCUT2D eigenvalue weighted by atomic mass is 10.0. The van der Waals surface area contributed by atoms with Gasteiger partial charge in [0.25, 0.3) is 0 Å². The summed E-state index contributed by atoms with van der Waals surface area (Å²) < 4.78 is 38.3. The van der Waals surface area contributed by atoms with Crippen LogP contribution in [0, 0.1) is 0 Å². The van der Waals surface area contributed by atoms with E-state index in [0.29, 0.717) is 12.0 Å². The molecule has 1 aromatic rings. The molecule has 2 N–H and O–H groups in total. The molecule has 0 radical (unpaired) electrons. The maximum atomic E-state index is 12.8. The van der Waals surface area contributed by atoms with Crippen LogP contribution in [0.4, 0.5) is 13.2 Å². The molecule has 5 heteroatoms. The predicted octanol–water partition coefficient (Wildman–Crippen LogP) is 5.98. The highest BCUT2D eigenvalue weighted by Gasteiger charge is 2.33. The summed E-state index contributed by atoms with van der Waals surface area (Å²) in [4.78, 5) is 0. The number of benzene rings is 1. The summed E-state index contributed by atoms with van der Waals surface area (Å²) in [5.41, 5.74) is 5.30. The maximum absolute atomic E-state index is 12.8. The fraction of sp³-hybridized carbons (Fsp3) is 0.647. The highest BCUT2D eigenvalue weighted by Crippen LogP contribution is 2.36. The van der Waals surface area contributed by atoms with E-state index in [0.717, 1.165) is 38.3 Å². The maximum Gasteiger partial charge on any atom is 0.417 e. The standard InChI is InChI=1S/C17H25ClF3N/c18-16-14(11-9-12-15(16)17(19,20)21)10-7-5-3-1-2-4-6-8-13-22/h9,11-12H,1-8,10,13,22H2. The van der Waals surface area contributed by atoms with Crippen LogP contribution in [0.25, 0.3) is 0 Å². The minimum Gasteiger partial charge on any atom is -0.330 e. The average molecular weight is 336 g/mol. The average Bonchev–Trinajstić information content (AvgIpc) is 2.46. The lowest BCUT2D eigenvalue weighted by Gasteiger charge is -2.12. The molecule has 22 heavy (non-hydrogen) atoms. The Labute approximate surface area is 136 Å². The van der Waals surface area contributed by atoms with Gasteiger partial charge in [0.2, 0.25) is 0 Å². The first-order valence-electron chi connectivity index (χ1n) is 8.01. The molecule has 0 saturated heterocycles. The van der Waals surface area contributed by atoms with Crippen molar-refractivity contribution in [2.24, 2.45) is 5.73 Å². The molecule has 1 rings (SSSR count). The van der Waals surface area contributed by atoms with Crippen molar-refractivity contribution in [1.82, 2.24) is 0 Å². The molecule has 0 heterocycles. The Hall–Kier alpha value is -0.740. The van der Waals surface area contributed by atoms with E-state index in [2.05, 4.69) is 0 Å². The molecule has 0 aliphatic heterocycles. The number of rotatable bonds is 10. The van der Waals surface area contributed by atoms with Crippen LogP contribution in [-0.2, 0) is 12.6 Å². The van der Waals surface area contributed by atoms with Gasteiger partial charge in [-0.1, -0.05) is 62.3 Å². The lowest BCUT2D eigenvalue weighted by Crippen LogP contribution is -2.07. The van der Waals surface area contributed by atoms with Gasteiger partial charge in [0.1, 0.15) is 0 Å². The van der Waals surface area contributed by atoms with Crippen molar-refractivity contribution in [3.63, 3.8) is 0 Å². The summed E-state index contributed by atoms with van der Waals surface area (Å²) in [5.74, 6) is 0. The predicted molar refractivity (Wildman–Crippen MR) is 86.1 cm³/mol. The first-order chi connectivity index (χ1) is 10.5. The number of alkyl halides is 3. The number of aryl methyl sites for hydroxylation is 1. The van der Waals surface area contributed by atoms with Gasteiger partial charge in [-0.3, -0.25) is 0 Å². The van der Waals surface area contributed by atoms with Crippen LogP contribution in [0.1, 0.15) is 62.5 Å². The molecule has 0 fully saturated rings. The largest absolute Gasteiger partial charge is 0.417 e. The van der Waals surface area contributed by atoms with Gasteiger partial charge >= 0.3 is 6.18 Å². The number of nitrogens with two attached hydrogens (primary N) is 1. The van der Waals surface area contributed by atoms with Gasteiger partial charge in [0.05, 0.1) is 10.6 Å². The number of hydrogen-bond donors (Lipinski definition) is 1. The smallest absolute Gasteiger partial charge is 0.330 e. The molecule has 0 unspecified atom stereocenters. The molecule has 1 nitrogen and oxygen atoms in total. The summed E-state index contributed by atoms with van der Waals surface area (Å²) in [7, 11) is 0. The highest BCUT2D eigenvalue weighted by atomic mass is 35.5. The molecule has 1 aromatic carbocycles. The molecular formula is C17H25ClF3N. The Kier molecular flexibility index (Phi) is 8.88. The molecule has 0 saturated carbocycles. The minimum absolute atomic E-state index is 0.142. The molecule has 0 bridgehead atoms. The molecule has 126 valence electrons. The second-order valence-electron chi connectivity index (χ2n) is 5.64. The summed E-state index contributed by atoms with van der Waals surface area (Å²) >= 11 is 5.87. The highest BCUT2D eigenvalue weighted by molar-refractivity contribution is 6.32. The van der Waals surface area contributed by atoms with Gasteiger partial charge in [0.15, 0.2) is 0 Å². The van der Waals surface area contributed by atoms with Gasteiger partial charge in [-0.15, -0.1) is 0 Å². The zero-order valence-electron chi connectivity index (χ0n) is 12.9. The van der Waals surface area contributed by atoms with Gasteiger partial charge in [-0.25, -0.2) is 0 Å². The molecular weight excluding hydrogens is 311 g/mol. The normalized spacial score (nSPS) is 11.9. The molecule has 0 amide bonds. The zero-order valence-corrected chi connectivity index (χ0v) is 13.6. The molecule has 0 spiro atoms. The van der Waals surface area contributed by atoms with E-state index in [1.807, 2.05) is 0 Å². The van der Waals surface area contributed by atoms with Crippen LogP contribution in [0.3, 0.4) is 0 Å². The molecule has 0 aliphatic carbocycles. The fourth-order valence-corrected chi connectivity index (χ4v) is 2.84. The summed E-state index contributed by atoms with van der Waals surface area (Å²) in [6, 6.07) is 4.15. The molecule has 0 atom stereocenters. The first-order valence-corrected chi connectivity index (χ1v) is 8.39. The summed E-state index contributed by atoms with van der Waals surface area (Å²) in [6.45, 7) is 0.762. The van der Waals surface area contributed by atoms with Crippen molar-refractivity contribution in [1.29, 1.82) is 0 Å². The van der Waals surface area contributed by atoms with E-state index in [1.165, 1.54) is 31.7 Å². The number of hydrogen-bond acceptors (Lipinski definition) is 1. The van der Waals surface area contributed by atoms with Crippen LogP contribution < -0.4 is 5.73 Å². The van der Waals surface area contributed by atoms with Gasteiger partial charge in [-0.2, -0.15) is 13.2 Å². The van der Waals surface area contributed by atoms with Crippen LogP contribution in [-0.4, -0.2) is 6.54 Å².